The molecule has 0 amide bonds. The van der Waals surface area contributed by atoms with Crippen molar-refractivity contribution >= 4 is 35.1 Å². The number of hydrogen-bond donors (Lipinski definition) is 0. The molecule has 1 nitrogen and oxygen atoms in total. The van der Waals surface area contributed by atoms with E-state index in [1.165, 1.54) is 55.2 Å². The van der Waals surface area contributed by atoms with Crippen molar-refractivity contribution in [2.75, 3.05) is 0 Å². The van der Waals surface area contributed by atoms with E-state index in [9.17, 15) is 0 Å². The third kappa shape index (κ3) is 3.04. The van der Waals surface area contributed by atoms with Crippen LogP contribution in [-0.4, -0.2) is 12.4 Å². The Hall–Kier alpha value is -4.04. The van der Waals surface area contributed by atoms with Gasteiger partial charge in [0.1, 0.15) is 7.85 Å². The molecule has 0 saturated carbocycles. The number of hydrogen-bond acceptors (Lipinski definition) is 0. The Bertz CT molecular complexity index is 1560. The molecule has 6 rings (SSSR count). The molecule has 32 heavy (non-hydrogen) atoms. The van der Waals surface area contributed by atoms with Crippen LogP contribution in [0.1, 0.15) is 0 Å². The second-order valence-corrected chi connectivity index (χ2v) is 8.32. The summed E-state index contributed by atoms with van der Waals surface area (Å²) in [6.07, 6.45) is 0. The van der Waals surface area contributed by atoms with Crippen molar-refractivity contribution in [2.45, 2.75) is 0 Å². The molecule has 0 bridgehead atoms. The lowest BCUT2D eigenvalue weighted by Gasteiger charge is -2.10. The number of fused-ring (bicyclic) bond motifs is 3. The summed E-state index contributed by atoms with van der Waals surface area (Å²) in [5.41, 5.74) is 10.0. The van der Waals surface area contributed by atoms with Gasteiger partial charge in [0.2, 0.25) is 0 Å². The van der Waals surface area contributed by atoms with E-state index >= 15 is 0 Å². The molecular weight excluding hydrogens is 385 g/mol. The minimum atomic E-state index is 1.19. The van der Waals surface area contributed by atoms with Gasteiger partial charge < -0.3 is 4.57 Å². The van der Waals surface area contributed by atoms with E-state index in [-0.39, 0.29) is 0 Å². The first kappa shape index (κ1) is 18.7. The van der Waals surface area contributed by atoms with Gasteiger partial charge in [-0.15, -0.1) is 0 Å². The Morgan fingerprint density at radius 1 is 0.469 bits per heavy atom. The molecule has 0 aliphatic heterocycles. The maximum absolute atomic E-state index is 2.36. The van der Waals surface area contributed by atoms with E-state index in [1.807, 2.05) is 0 Å². The molecule has 1 aromatic heterocycles. The Morgan fingerprint density at radius 3 is 1.88 bits per heavy atom. The predicted octanol–water partition coefficient (Wildman–Crippen LogP) is 6.38. The van der Waals surface area contributed by atoms with E-state index in [1.54, 1.807) is 0 Å². The highest BCUT2D eigenvalue weighted by atomic mass is 15.0. The quantitative estimate of drug-likeness (QED) is 0.300. The number of benzene rings is 5. The lowest BCUT2D eigenvalue weighted by atomic mass is 9.84. The zero-order chi connectivity index (χ0) is 21.5. The normalized spacial score (nSPS) is 11.2. The van der Waals surface area contributed by atoms with Crippen molar-refractivity contribution in [2.24, 2.45) is 0 Å². The van der Waals surface area contributed by atoms with Crippen LogP contribution < -0.4 is 5.46 Å². The van der Waals surface area contributed by atoms with Crippen LogP contribution in [0.15, 0.2) is 121 Å². The summed E-state index contributed by atoms with van der Waals surface area (Å²) < 4.78 is 2.36. The summed E-state index contributed by atoms with van der Waals surface area (Å²) in [5.74, 6) is 0. The van der Waals surface area contributed by atoms with Crippen LogP contribution in [0.3, 0.4) is 0 Å². The number of aromatic nitrogens is 1. The highest BCUT2D eigenvalue weighted by Gasteiger charge is 2.13. The predicted molar refractivity (Wildman–Crippen MR) is 140 cm³/mol. The molecule has 0 aliphatic rings. The summed E-state index contributed by atoms with van der Waals surface area (Å²) >= 11 is 0. The summed E-state index contributed by atoms with van der Waals surface area (Å²) in [6.45, 7) is 0. The number of para-hydroxylation sites is 2. The van der Waals surface area contributed by atoms with Crippen LogP contribution in [0.4, 0.5) is 0 Å². The van der Waals surface area contributed by atoms with Crippen LogP contribution in [-0.2, 0) is 0 Å². The van der Waals surface area contributed by atoms with Crippen molar-refractivity contribution in [3.8, 4) is 27.9 Å². The zero-order valence-electron chi connectivity index (χ0n) is 18.0. The fraction of sp³-hybridized carbons (Fsp3) is 0. The highest BCUT2D eigenvalue weighted by molar-refractivity contribution is 6.36. The monoisotopic (exact) mass is 407 g/mol. The molecule has 0 unspecified atom stereocenters. The topological polar surface area (TPSA) is 4.93 Å². The molecule has 150 valence electrons. The second kappa shape index (κ2) is 7.58. The average Bonchev–Trinajstić information content (AvgIpc) is 3.19. The van der Waals surface area contributed by atoms with E-state index in [0.29, 0.717) is 0 Å². The second-order valence-electron chi connectivity index (χ2n) is 8.32. The number of nitrogens with zero attached hydrogens (tertiary/aromatic N) is 1. The molecule has 0 N–H and O–H groups in total. The summed E-state index contributed by atoms with van der Waals surface area (Å²) in [5, 5.41) is 2.57. The van der Waals surface area contributed by atoms with Gasteiger partial charge >= 0.3 is 0 Å². The van der Waals surface area contributed by atoms with Crippen LogP contribution in [0.25, 0.3) is 49.7 Å². The maximum Gasteiger partial charge on any atom is 0.140 e. The standard InChI is InChI=1S/C30H22BN/c31-28-20-23(15-17-25(28)21-9-3-1-4-10-21)22-16-18-30-27(19-22)26-13-7-8-14-29(26)32(30)24-11-5-2-6-12-24/h1-20H,31H2. The average molecular weight is 407 g/mol. The third-order valence-corrected chi connectivity index (χ3v) is 6.33. The van der Waals surface area contributed by atoms with Crippen LogP contribution in [0.5, 0.6) is 0 Å². The molecule has 0 fully saturated rings. The molecule has 0 aliphatic carbocycles. The zero-order valence-corrected chi connectivity index (χ0v) is 18.0. The van der Waals surface area contributed by atoms with E-state index in [2.05, 4.69) is 134 Å². The van der Waals surface area contributed by atoms with Gasteiger partial charge in [-0.1, -0.05) is 96.5 Å². The van der Waals surface area contributed by atoms with Gasteiger partial charge in [0.15, 0.2) is 0 Å². The first-order valence-corrected chi connectivity index (χ1v) is 11.0. The lowest BCUT2D eigenvalue weighted by molar-refractivity contribution is 1.18. The molecule has 6 aromatic rings. The van der Waals surface area contributed by atoms with Crippen molar-refractivity contribution in [1.29, 1.82) is 0 Å². The van der Waals surface area contributed by atoms with Crippen molar-refractivity contribution in [3.63, 3.8) is 0 Å². The van der Waals surface area contributed by atoms with Gasteiger partial charge in [-0.05, 0) is 52.6 Å². The van der Waals surface area contributed by atoms with Gasteiger partial charge in [-0.3, -0.25) is 0 Å². The largest absolute Gasteiger partial charge is 0.309 e. The minimum absolute atomic E-state index is 1.19. The fourth-order valence-corrected chi connectivity index (χ4v) is 4.79. The molecule has 0 atom stereocenters. The molecule has 0 saturated heterocycles. The van der Waals surface area contributed by atoms with Crippen molar-refractivity contribution < 1.29 is 0 Å². The Labute approximate surface area is 189 Å². The lowest BCUT2D eigenvalue weighted by Crippen LogP contribution is -2.06. The molecular formula is C30H22BN. The first-order chi connectivity index (χ1) is 15.8. The van der Waals surface area contributed by atoms with E-state index in [0.717, 1.165) is 0 Å². The van der Waals surface area contributed by atoms with Crippen LogP contribution in [0, 0.1) is 0 Å². The summed E-state index contributed by atoms with van der Waals surface area (Å²) in [4.78, 5) is 0. The molecule has 5 aromatic carbocycles. The van der Waals surface area contributed by atoms with Crippen LogP contribution in [0.2, 0.25) is 0 Å². The van der Waals surface area contributed by atoms with Crippen molar-refractivity contribution in [1.82, 2.24) is 4.57 Å². The van der Waals surface area contributed by atoms with E-state index < -0.39 is 0 Å². The molecule has 0 spiro atoms. The maximum atomic E-state index is 2.36. The SMILES string of the molecule is Bc1cc(-c2ccc3c(c2)c2ccccc2n3-c2ccccc2)ccc1-c1ccccc1. The molecule has 0 radical (unpaired) electrons. The van der Waals surface area contributed by atoms with Gasteiger partial charge in [0.05, 0.1) is 11.0 Å². The van der Waals surface area contributed by atoms with Gasteiger partial charge in [0.25, 0.3) is 0 Å². The molecule has 2 heteroatoms. The Morgan fingerprint density at radius 2 is 1.09 bits per heavy atom. The summed E-state index contributed by atoms with van der Waals surface area (Å²) in [6, 6.07) is 43.5. The highest BCUT2D eigenvalue weighted by Crippen LogP contribution is 2.35. The van der Waals surface area contributed by atoms with Gasteiger partial charge in [-0.2, -0.15) is 0 Å². The number of rotatable bonds is 3. The molecule has 1 heterocycles. The minimum Gasteiger partial charge on any atom is -0.309 e. The van der Waals surface area contributed by atoms with Crippen molar-refractivity contribution in [3.05, 3.63) is 121 Å². The fourth-order valence-electron chi connectivity index (χ4n) is 4.79. The Kier molecular flexibility index (Phi) is 4.43. The van der Waals surface area contributed by atoms with Gasteiger partial charge in [-0.25, -0.2) is 0 Å². The Balaban J connectivity index is 1.52. The smallest absolute Gasteiger partial charge is 0.140 e. The third-order valence-electron chi connectivity index (χ3n) is 6.33. The van der Waals surface area contributed by atoms with E-state index in [4.69, 9.17) is 0 Å². The summed E-state index contributed by atoms with van der Waals surface area (Å²) in [7, 11) is 2.20. The van der Waals surface area contributed by atoms with Crippen LogP contribution >= 0.6 is 0 Å². The first-order valence-electron chi connectivity index (χ1n) is 11.0. The van der Waals surface area contributed by atoms with Gasteiger partial charge in [0, 0.05) is 16.5 Å².